The molecule has 0 bridgehead atoms. The first-order chi connectivity index (χ1) is 22.1. The zero-order valence-corrected chi connectivity index (χ0v) is 28.6. The SMILES string of the molecule is CC(C)(C)c1ccc(-c2ccc3c(c2)[Si](C)(C)c2c-3n(S(=O)(=O)c3ccccc3C(F)(F)F)c3cc(-c4ccccc4)ccc23)cc1. The van der Waals surface area contributed by atoms with Crippen LogP contribution in [0.25, 0.3) is 44.4 Å². The van der Waals surface area contributed by atoms with Crippen LogP contribution in [0.2, 0.25) is 13.1 Å². The van der Waals surface area contributed by atoms with Gasteiger partial charge >= 0.3 is 6.18 Å². The number of fused-ring (bicyclic) bond motifs is 5. The summed E-state index contributed by atoms with van der Waals surface area (Å²) in [5.74, 6) is 0. The van der Waals surface area contributed by atoms with E-state index < -0.39 is 34.7 Å². The lowest BCUT2D eigenvalue weighted by atomic mass is 9.86. The van der Waals surface area contributed by atoms with Crippen molar-refractivity contribution in [3.05, 3.63) is 126 Å². The van der Waals surface area contributed by atoms with E-state index in [9.17, 15) is 21.6 Å². The monoisotopic (exact) mass is 665 g/mol. The Morgan fingerprint density at radius 1 is 0.660 bits per heavy atom. The molecule has 1 aromatic heterocycles. The maximum atomic E-state index is 14.7. The van der Waals surface area contributed by atoms with E-state index >= 15 is 0 Å². The lowest BCUT2D eigenvalue weighted by molar-refractivity contribution is -0.139. The van der Waals surface area contributed by atoms with E-state index in [4.69, 9.17) is 0 Å². The molecule has 1 aliphatic rings. The average molecular weight is 666 g/mol. The van der Waals surface area contributed by atoms with Crippen molar-refractivity contribution >= 4 is 39.4 Å². The highest BCUT2D eigenvalue weighted by molar-refractivity contribution is 7.90. The van der Waals surface area contributed by atoms with Gasteiger partial charge in [-0.1, -0.05) is 131 Å². The van der Waals surface area contributed by atoms with Gasteiger partial charge in [0.1, 0.15) is 13.0 Å². The molecule has 47 heavy (non-hydrogen) atoms. The molecule has 8 heteroatoms. The maximum absolute atomic E-state index is 14.7. The largest absolute Gasteiger partial charge is 0.417 e. The number of halogens is 3. The van der Waals surface area contributed by atoms with Gasteiger partial charge in [-0.2, -0.15) is 13.2 Å². The summed E-state index contributed by atoms with van der Waals surface area (Å²) in [6.07, 6.45) is -4.85. The third kappa shape index (κ3) is 4.97. The first-order valence-corrected chi connectivity index (χ1v) is 20.0. The Labute approximate surface area is 274 Å². The number of hydrogen-bond donors (Lipinski definition) is 0. The van der Waals surface area contributed by atoms with Crippen LogP contribution in [0.1, 0.15) is 31.9 Å². The molecule has 0 saturated carbocycles. The Morgan fingerprint density at radius 2 is 1.23 bits per heavy atom. The summed E-state index contributed by atoms with van der Waals surface area (Å²) in [6.45, 7) is 10.9. The fourth-order valence-electron chi connectivity index (χ4n) is 6.97. The first kappa shape index (κ1) is 31.2. The molecule has 0 N–H and O–H groups in total. The predicted octanol–water partition coefficient (Wildman–Crippen LogP) is 9.33. The summed E-state index contributed by atoms with van der Waals surface area (Å²) in [4.78, 5) is -0.763. The van der Waals surface area contributed by atoms with Crippen molar-refractivity contribution in [2.75, 3.05) is 0 Å². The minimum absolute atomic E-state index is 0.0174. The van der Waals surface area contributed by atoms with Crippen LogP contribution in [-0.4, -0.2) is 20.5 Å². The van der Waals surface area contributed by atoms with E-state index in [1.165, 1.54) is 21.7 Å². The van der Waals surface area contributed by atoms with Crippen LogP contribution in [0.5, 0.6) is 0 Å². The minimum Gasteiger partial charge on any atom is -0.233 e. The second-order valence-electron chi connectivity index (χ2n) is 13.8. The smallest absolute Gasteiger partial charge is 0.233 e. The number of rotatable bonds is 4. The van der Waals surface area contributed by atoms with Crippen molar-refractivity contribution in [1.82, 2.24) is 3.97 Å². The number of nitrogens with zero attached hydrogens (tertiary/aromatic N) is 1. The molecule has 6 aromatic rings. The molecular weight excluding hydrogens is 632 g/mol. The van der Waals surface area contributed by atoms with Crippen LogP contribution >= 0.6 is 0 Å². The van der Waals surface area contributed by atoms with Crippen molar-refractivity contribution in [1.29, 1.82) is 0 Å². The minimum atomic E-state index is -4.85. The topological polar surface area (TPSA) is 39.1 Å². The molecule has 0 fully saturated rings. The van der Waals surface area contributed by atoms with Crippen LogP contribution < -0.4 is 10.4 Å². The van der Waals surface area contributed by atoms with Crippen molar-refractivity contribution in [2.45, 2.75) is 50.4 Å². The summed E-state index contributed by atoms with van der Waals surface area (Å²) in [7, 11) is -7.28. The Hall–Kier alpha value is -4.40. The maximum Gasteiger partial charge on any atom is 0.417 e. The van der Waals surface area contributed by atoms with E-state index in [1.807, 2.05) is 54.6 Å². The van der Waals surface area contributed by atoms with Gasteiger partial charge in [-0.25, -0.2) is 12.4 Å². The van der Waals surface area contributed by atoms with E-state index in [0.717, 1.165) is 55.7 Å². The van der Waals surface area contributed by atoms with Crippen LogP contribution in [-0.2, 0) is 21.6 Å². The standard InChI is InChI=1S/C39H34F3NO2SSi/c1-38(2,3)29-19-15-26(16-20-29)28-18-22-31-35(24-28)47(4,5)37-30-21-17-27(25-11-7-6-8-12-25)23-33(30)43(36(31)37)46(44,45)34-14-10-9-13-32(34)39(40,41)42/h6-24H,1-5H3. The van der Waals surface area contributed by atoms with Gasteiger partial charge < -0.3 is 0 Å². The Morgan fingerprint density at radius 3 is 1.89 bits per heavy atom. The van der Waals surface area contributed by atoms with Gasteiger partial charge in [0.25, 0.3) is 10.0 Å². The van der Waals surface area contributed by atoms with Crippen molar-refractivity contribution in [3.63, 3.8) is 0 Å². The summed E-state index contributed by atoms with van der Waals surface area (Å²) in [5, 5.41) is 2.72. The van der Waals surface area contributed by atoms with Crippen LogP contribution in [0, 0.1) is 0 Å². The van der Waals surface area contributed by atoms with E-state index in [1.54, 1.807) is 6.07 Å². The highest BCUT2D eigenvalue weighted by atomic mass is 32.2. The summed E-state index contributed by atoms with van der Waals surface area (Å²) >= 11 is 0. The molecule has 238 valence electrons. The van der Waals surface area contributed by atoms with Crippen molar-refractivity contribution in [2.24, 2.45) is 0 Å². The second kappa shape index (κ2) is 10.6. The molecule has 0 radical (unpaired) electrons. The van der Waals surface area contributed by atoms with Gasteiger partial charge in [-0.15, -0.1) is 0 Å². The summed E-state index contributed by atoms with van der Waals surface area (Å²) in [5.41, 5.74) is 5.38. The van der Waals surface area contributed by atoms with Gasteiger partial charge in [0.05, 0.1) is 16.8 Å². The zero-order chi connectivity index (χ0) is 33.5. The molecule has 1 aliphatic heterocycles. The van der Waals surface area contributed by atoms with Crippen molar-refractivity contribution in [3.8, 4) is 33.5 Å². The van der Waals surface area contributed by atoms with Gasteiger partial charge in [0.2, 0.25) is 0 Å². The van der Waals surface area contributed by atoms with Crippen LogP contribution in [0.4, 0.5) is 13.2 Å². The van der Waals surface area contributed by atoms with E-state index in [-0.39, 0.29) is 5.41 Å². The van der Waals surface area contributed by atoms with Crippen molar-refractivity contribution < 1.29 is 21.6 Å². The molecule has 0 amide bonds. The van der Waals surface area contributed by atoms with Crippen LogP contribution in [0.15, 0.2) is 120 Å². The van der Waals surface area contributed by atoms with Gasteiger partial charge in [0.15, 0.2) is 0 Å². The second-order valence-corrected chi connectivity index (χ2v) is 19.8. The third-order valence-corrected chi connectivity index (χ3v) is 14.7. The highest BCUT2D eigenvalue weighted by Crippen LogP contribution is 2.42. The molecule has 5 aromatic carbocycles. The van der Waals surface area contributed by atoms with Crippen LogP contribution in [0.3, 0.4) is 0 Å². The quantitative estimate of drug-likeness (QED) is 0.176. The molecule has 2 heterocycles. The fourth-order valence-corrected chi connectivity index (χ4v) is 12.2. The van der Waals surface area contributed by atoms with E-state index in [0.29, 0.717) is 11.2 Å². The molecule has 0 atom stereocenters. The highest BCUT2D eigenvalue weighted by Gasteiger charge is 2.46. The molecule has 0 unspecified atom stereocenters. The Balaban J connectivity index is 1.51. The zero-order valence-electron chi connectivity index (χ0n) is 26.8. The molecular formula is C39H34F3NO2SSi. The van der Waals surface area contributed by atoms with E-state index in [2.05, 4.69) is 64.2 Å². The third-order valence-electron chi connectivity index (χ3n) is 9.40. The Bertz CT molecular complexity index is 2300. The number of alkyl halides is 3. The fraction of sp³-hybridized carbons (Fsp3) is 0.179. The Kier molecular flexibility index (Phi) is 7.01. The average Bonchev–Trinajstić information content (AvgIpc) is 3.50. The normalized spacial score (nSPS) is 14.3. The number of aromatic nitrogens is 1. The number of hydrogen-bond acceptors (Lipinski definition) is 2. The first-order valence-electron chi connectivity index (χ1n) is 15.5. The number of benzene rings is 5. The van der Waals surface area contributed by atoms with Gasteiger partial charge in [-0.3, -0.25) is 0 Å². The lowest BCUT2D eigenvalue weighted by Crippen LogP contribution is -2.49. The summed E-state index contributed by atoms with van der Waals surface area (Å²) in [6, 6.07) is 34.3. The van der Waals surface area contributed by atoms with Gasteiger partial charge in [0, 0.05) is 5.39 Å². The lowest BCUT2D eigenvalue weighted by Gasteiger charge is -2.21. The van der Waals surface area contributed by atoms with Gasteiger partial charge in [-0.05, 0) is 67.4 Å². The molecule has 7 rings (SSSR count). The molecule has 0 spiro atoms. The summed E-state index contributed by atoms with van der Waals surface area (Å²) < 4.78 is 73.4. The molecule has 0 saturated heterocycles. The predicted molar refractivity (Wildman–Crippen MR) is 188 cm³/mol. The molecule has 0 aliphatic carbocycles. The molecule has 3 nitrogen and oxygen atoms in total.